The Balaban J connectivity index is 1.93. The molecular weight excluding hydrogens is 369 g/mol. The quantitative estimate of drug-likeness (QED) is 0.350. The van der Waals surface area contributed by atoms with E-state index in [1.54, 1.807) is 0 Å². The lowest BCUT2D eigenvalue weighted by Gasteiger charge is -2.66. The van der Waals surface area contributed by atoms with Crippen LogP contribution < -0.4 is 0 Å². The highest BCUT2D eigenvalue weighted by Gasteiger charge is 2.73. The Kier molecular flexibility index (Phi) is 2.36. The topological polar surface area (TPSA) is 77.3 Å². The van der Waals surface area contributed by atoms with Gasteiger partial charge in [-0.15, -0.1) is 0 Å². The molecule has 0 atom stereocenters. The number of sulfone groups is 1. The van der Waals surface area contributed by atoms with Crippen LogP contribution in [0.5, 0.6) is 0 Å². The molecule has 3 aliphatic rings. The Labute approximate surface area is 118 Å². The summed E-state index contributed by atoms with van der Waals surface area (Å²) in [5, 5.41) is 10.5. The van der Waals surface area contributed by atoms with E-state index >= 15 is 0 Å². The van der Waals surface area contributed by atoms with Crippen molar-refractivity contribution in [3.8, 4) is 0 Å². The zero-order valence-corrected chi connectivity index (χ0v) is 12.3. The lowest BCUT2D eigenvalue weighted by atomic mass is 9.55. The Hall–Kier alpha value is -0.700. The van der Waals surface area contributed by atoms with E-state index in [1.165, 1.54) is 24.3 Å². The van der Waals surface area contributed by atoms with Gasteiger partial charge in [0.15, 0.2) is 9.84 Å². The average molecular weight is 379 g/mol. The Morgan fingerprint density at radius 2 is 1.67 bits per heavy atom. The third-order valence-corrected chi connectivity index (χ3v) is 7.45. The van der Waals surface area contributed by atoms with Gasteiger partial charge in [-0.05, 0) is 31.4 Å². The predicted octanol–water partition coefficient (Wildman–Crippen LogP) is 2.48. The molecule has 0 aromatic heterocycles. The molecule has 3 saturated carbocycles. The zero-order chi connectivity index (χ0) is 13.2. The van der Waals surface area contributed by atoms with E-state index in [0.717, 1.165) is 0 Å². The average Bonchev–Trinajstić information content (AvgIpc) is 2.23. The third kappa shape index (κ3) is 1.46. The van der Waals surface area contributed by atoms with Crippen molar-refractivity contribution in [2.24, 2.45) is 0 Å². The molecule has 96 valence electrons. The molecule has 4 rings (SSSR count). The molecule has 0 aliphatic heterocycles. The largest absolute Gasteiger partial charge is 0.269 e. The maximum atomic E-state index is 12.4. The Bertz CT molecular complexity index is 618. The summed E-state index contributed by atoms with van der Waals surface area (Å²) in [7, 11) is -3.34. The van der Waals surface area contributed by atoms with Gasteiger partial charge in [0.1, 0.15) is 0 Å². The normalized spacial score (nSPS) is 33.4. The van der Waals surface area contributed by atoms with Gasteiger partial charge in [-0.25, -0.2) is 8.42 Å². The molecule has 1 aromatic carbocycles. The van der Waals surface area contributed by atoms with Gasteiger partial charge >= 0.3 is 0 Å². The summed E-state index contributed by atoms with van der Waals surface area (Å²) in [6.07, 6.45) is 2.12. The minimum absolute atomic E-state index is 0.0862. The lowest BCUT2D eigenvalue weighted by molar-refractivity contribution is -0.384. The van der Waals surface area contributed by atoms with E-state index in [0.29, 0.717) is 19.3 Å². The summed E-state index contributed by atoms with van der Waals surface area (Å²) in [5.74, 6) is 0. The molecule has 0 saturated heterocycles. The summed E-state index contributed by atoms with van der Waals surface area (Å²) in [6.45, 7) is 0. The molecule has 0 unspecified atom stereocenters. The van der Waals surface area contributed by atoms with Crippen LogP contribution in [0.1, 0.15) is 19.3 Å². The standard InChI is InChI=1S/C11H10INO4S/c12-10-5-11(6-10,7-10)18(16,17)9-3-1-8(2-4-9)13(14)15/h1-4H,5-7H2. The number of non-ortho nitro benzene ring substituents is 1. The summed E-state index contributed by atoms with van der Waals surface area (Å²) < 4.78 is 24.4. The van der Waals surface area contributed by atoms with Crippen molar-refractivity contribution in [2.75, 3.05) is 0 Å². The Morgan fingerprint density at radius 3 is 2.06 bits per heavy atom. The van der Waals surface area contributed by atoms with Crippen LogP contribution in [0.4, 0.5) is 5.69 Å². The smallest absolute Gasteiger partial charge is 0.258 e. The molecule has 0 radical (unpaired) electrons. The van der Waals surface area contributed by atoms with Crippen LogP contribution in [0, 0.1) is 10.1 Å². The van der Waals surface area contributed by atoms with Crippen LogP contribution in [0.3, 0.4) is 0 Å². The number of hydrogen-bond donors (Lipinski definition) is 0. The fourth-order valence-corrected chi connectivity index (χ4v) is 8.22. The fourth-order valence-electron chi connectivity index (χ4n) is 2.86. The molecular formula is C11H10INO4S. The fraction of sp³-hybridized carbons (Fsp3) is 0.455. The van der Waals surface area contributed by atoms with E-state index in [4.69, 9.17) is 0 Å². The van der Waals surface area contributed by atoms with Crippen LogP contribution in [0.2, 0.25) is 0 Å². The van der Waals surface area contributed by atoms with E-state index < -0.39 is 19.5 Å². The van der Waals surface area contributed by atoms with Gasteiger partial charge in [-0.3, -0.25) is 10.1 Å². The zero-order valence-electron chi connectivity index (χ0n) is 9.30. The monoisotopic (exact) mass is 379 g/mol. The molecule has 0 N–H and O–H groups in total. The van der Waals surface area contributed by atoms with Gasteiger partial charge in [0.2, 0.25) is 0 Å². The van der Waals surface area contributed by atoms with E-state index in [9.17, 15) is 18.5 Å². The first-order chi connectivity index (χ1) is 8.28. The van der Waals surface area contributed by atoms with Gasteiger partial charge in [0, 0.05) is 15.6 Å². The number of benzene rings is 1. The second-order valence-electron chi connectivity index (χ2n) is 5.12. The van der Waals surface area contributed by atoms with Gasteiger partial charge in [-0.1, -0.05) is 22.6 Å². The van der Waals surface area contributed by atoms with Crippen molar-refractivity contribution < 1.29 is 13.3 Å². The predicted molar refractivity (Wildman–Crippen MR) is 73.6 cm³/mol. The van der Waals surface area contributed by atoms with Crippen molar-refractivity contribution in [2.45, 2.75) is 32.3 Å². The Morgan fingerprint density at radius 1 is 1.17 bits per heavy atom. The highest BCUT2D eigenvalue weighted by atomic mass is 127. The molecule has 18 heavy (non-hydrogen) atoms. The molecule has 5 nitrogen and oxygen atoms in total. The highest BCUT2D eigenvalue weighted by molar-refractivity contribution is 14.1. The SMILES string of the molecule is O=[N+]([O-])c1ccc(S(=O)(=O)C23CC(I)(C2)C3)cc1. The molecule has 0 heterocycles. The summed E-state index contributed by atoms with van der Waals surface area (Å²) in [6, 6.07) is 5.18. The summed E-state index contributed by atoms with van der Waals surface area (Å²) >= 11 is 2.32. The second kappa shape index (κ2) is 3.44. The number of nitro benzene ring substituents is 1. The van der Waals surface area contributed by atoms with Crippen molar-refractivity contribution in [1.82, 2.24) is 0 Å². The summed E-state index contributed by atoms with van der Waals surface area (Å²) in [5.41, 5.74) is -0.0862. The minimum atomic E-state index is -3.34. The highest BCUT2D eigenvalue weighted by Crippen LogP contribution is 2.70. The summed E-state index contributed by atoms with van der Waals surface area (Å²) in [4.78, 5) is 10.2. The van der Waals surface area contributed by atoms with Gasteiger partial charge < -0.3 is 0 Å². The van der Waals surface area contributed by atoms with Crippen molar-refractivity contribution in [3.05, 3.63) is 34.4 Å². The molecule has 3 aliphatic carbocycles. The molecule has 1 aromatic rings. The van der Waals surface area contributed by atoms with Crippen LogP contribution in [0.25, 0.3) is 0 Å². The van der Waals surface area contributed by atoms with Crippen LogP contribution in [-0.2, 0) is 9.84 Å². The van der Waals surface area contributed by atoms with E-state index in [-0.39, 0.29) is 14.0 Å². The second-order valence-corrected chi connectivity index (χ2v) is 9.75. The number of hydrogen-bond acceptors (Lipinski definition) is 4. The van der Waals surface area contributed by atoms with Crippen molar-refractivity contribution in [1.29, 1.82) is 0 Å². The van der Waals surface area contributed by atoms with E-state index in [2.05, 4.69) is 22.6 Å². The first kappa shape index (κ1) is 12.3. The van der Waals surface area contributed by atoms with Crippen molar-refractivity contribution >= 4 is 38.1 Å². The first-order valence-corrected chi connectivity index (χ1v) is 8.02. The lowest BCUT2D eigenvalue weighted by Crippen LogP contribution is -2.71. The number of rotatable bonds is 3. The first-order valence-electron chi connectivity index (χ1n) is 5.46. The molecule has 2 bridgehead atoms. The molecule has 0 spiro atoms. The number of nitrogens with zero attached hydrogens (tertiary/aromatic N) is 1. The van der Waals surface area contributed by atoms with E-state index in [1.807, 2.05) is 0 Å². The third-order valence-electron chi connectivity index (χ3n) is 3.84. The maximum absolute atomic E-state index is 12.4. The van der Waals surface area contributed by atoms with Crippen LogP contribution in [0.15, 0.2) is 29.2 Å². The number of halogens is 1. The van der Waals surface area contributed by atoms with Gasteiger partial charge in [0.05, 0.1) is 14.6 Å². The maximum Gasteiger partial charge on any atom is 0.269 e. The van der Waals surface area contributed by atoms with Crippen LogP contribution in [-0.4, -0.2) is 21.5 Å². The number of alkyl halides is 1. The van der Waals surface area contributed by atoms with Gasteiger partial charge in [0.25, 0.3) is 5.69 Å². The molecule has 7 heteroatoms. The van der Waals surface area contributed by atoms with Crippen molar-refractivity contribution in [3.63, 3.8) is 0 Å². The number of nitro groups is 1. The van der Waals surface area contributed by atoms with Gasteiger partial charge in [-0.2, -0.15) is 0 Å². The van der Waals surface area contributed by atoms with Crippen LogP contribution >= 0.6 is 22.6 Å². The molecule has 0 amide bonds. The minimum Gasteiger partial charge on any atom is -0.258 e. The molecule has 3 fully saturated rings.